The van der Waals surface area contributed by atoms with Crippen LogP contribution in [0.2, 0.25) is 78.1 Å². The molecule has 190 valence electrons. The van der Waals surface area contributed by atoms with E-state index in [4.69, 9.17) is 25.9 Å². The summed E-state index contributed by atoms with van der Waals surface area (Å²) in [4.78, 5) is 11.4. The van der Waals surface area contributed by atoms with E-state index in [2.05, 4.69) is 78.6 Å². The molecule has 0 bridgehead atoms. The van der Waals surface area contributed by atoms with Gasteiger partial charge >= 0.3 is 31.7 Å². The second-order valence-electron chi connectivity index (χ2n) is 11.2. The summed E-state index contributed by atoms with van der Waals surface area (Å²) >= 11 is 0. The smallest absolute Gasteiger partial charge is 0.333 e. The van der Waals surface area contributed by atoms with Crippen LogP contribution in [-0.2, 0) is 30.7 Å². The summed E-state index contributed by atoms with van der Waals surface area (Å²) in [6.45, 7) is 30.0. The van der Waals surface area contributed by atoms with Crippen molar-refractivity contribution in [1.82, 2.24) is 0 Å². The number of esters is 1. The quantitative estimate of drug-likeness (QED) is 0.107. The highest BCUT2D eigenvalue weighted by molar-refractivity contribution is 6.90. The third-order valence-corrected chi connectivity index (χ3v) is 21.2. The van der Waals surface area contributed by atoms with Crippen molar-refractivity contribution in [2.45, 2.75) is 91.4 Å². The van der Waals surface area contributed by atoms with Crippen LogP contribution in [0.15, 0.2) is 12.2 Å². The molecule has 0 fully saturated rings. The fourth-order valence-corrected chi connectivity index (χ4v) is 26.9. The van der Waals surface area contributed by atoms with Gasteiger partial charge < -0.3 is 25.9 Å². The molecule has 0 amide bonds. The lowest BCUT2D eigenvalue weighted by Gasteiger charge is -2.43. The molecule has 0 aliphatic heterocycles. The number of hydrogen-bond donors (Lipinski definition) is 0. The van der Waals surface area contributed by atoms with Crippen LogP contribution in [0.5, 0.6) is 0 Å². The Kier molecular flexibility index (Phi) is 12.7. The molecule has 0 saturated heterocycles. The highest BCUT2D eigenvalue weighted by Gasteiger charge is 2.46. The van der Waals surface area contributed by atoms with Crippen molar-refractivity contribution in [1.29, 1.82) is 0 Å². The van der Waals surface area contributed by atoms with Crippen molar-refractivity contribution in [2.24, 2.45) is 0 Å². The molecule has 12 heteroatoms. The highest BCUT2D eigenvalue weighted by Crippen LogP contribution is 2.29. The van der Waals surface area contributed by atoms with Crippen LogP contribution < -0.4 is 0 Å². The van der Waals surface area contributed by atoms with Crippen LogP contribution in [0, 0.1) is 0 Å². The van der Waals surface area contributed by atoms with Crippen LogP contribution in [0.4, 0.5) is 0 Å². The zero-order valence-electron chi connectivity index (χ0n) is 22.6. The van der Waals surface area contributed by atoms with E-state index < -0.39 is 42.3 Å². The molecule has 0 N–H and O–H groups in total. The average Bonchev–Trinajstić information content (AvgIpc) is 2.46. The van der Waals surface area contributed by atoms with Gasteiger partial charge in [0.1, 0.15) is 6.61 Å². The van der Waals surface area contributed by atoms with Crippen molar-refractivity contribution < 1.29 is 30.7 Å². The number of carbonyl (C=O) groups is 1. The number of ether oxygens (including phenoxy) is 2. The zero-order chi connectivity index (χ0) is 25.4. The maximum absolute atomic E-state index is 11.4. The lowest BCUT2D eigenvalue weighted by molar-refractivity contribution is -0.140. The molecular formula is C20H48O7Si5. The summed E-state index contributed by atoms with van der Waals surface area (Å²) in [6.07, 6.45) is 0.798. The second-order valence-corrected chi connectivity index (χ2v) is 31.3. The van der Waals surface area contributed by atoms with Gasteiger partial charge in [-0.2, -0.15) is 0 Å². The third-order valence-electron chi connectivity index (χ3n) is 3.76. The molecule has 7 nitrogen and oxygen atoms in total. The molecule has 0 rings (SSSR count). The first kappa shape index (κ1) is 32.1. The summed E-state index contributed by atoms with van der Waals surface area (Å²) in [5.74, 6) is -0.389. The maximum Gasteiger partial charge on any atom is 0.333 e. The third kappa shape index (κ3) is 16.7. The molecule has 0 aliphatic carbocycles. The van der Waals surface area contributed by atoms with Crippen LogP contribution >= 0.6 is 0 Å². The normalized spacial score (nSPS) is 13.9. The Hall–Kier alpha value is 0.0944. The SMILES string of the molecule is C=C(C)C(=O)OCCOCCC[Si](C)(O[Si](C)(C)O[Si](C)(C)C)O[Si](C)(C)O[Si](C)(C)C. The summed E-state index contributed by atoms with van der Waals surface area (Å²) < 4.78 is 37.1. The predicted molar refractivity (Wildman–Crippen MR) is 144 cm³/mol. The number of rotatable bonds is 16. The molecule has 0 aromatic rings. The van der Waals surface area contributed by atoms with E-state index >= 15 is 0 Å². The van der Waals surface area contributed by atoms with Gasteiger partial charge in [0, 0.05) is 12.2 Å². The molecule has 0 spiro atoms. The van der Waals surface area contributed by atoms with Crippen LogP contribution in [0.1, 0.15) is 13.3 Å². The van der Waals surface area contributed by atoms with Gasteiger partial charge in [-0.25, -0.2) is 4.79 Å². The highest BCUT2D eigenvalue weighted by atomic mass is 28.5. The summed E-state index contributed by atoms with van der Waals surface area (Å²) in [5.41, 5.74) is 0.390. The predicted octanol–water partition coefficient (Wildman–Crippen LogP) is 5.72. The summed E-state index contributed by atoms with van der Waals surface area (Å²) in [6, 6.07) is 0.787. The molecule has 0 radical (unpaired) electrons. The lowest BCUT2D eigenvalue weighted by Crippen LogP contribution is -2.59. The van der Waals surface area contributed by atoms with Crippen molar-refractivity contribution in [3.8, 4) is 0 Å². The van der Waals surface area contributed by atoms with E-state index in [1.165, 1.54) is 0 Å². The van der Waals surface area contributed by atoms with E-state index in [0.717, 1.165) is 12.5 Å². The Morgan fingerprint density at radius 3 is 1.50 bits per heavy atom. The zero-order valence-corrected chi connectivity index (χ0v) is 27.6. The fraction of sp³-hybridized carbons (Fsp3) is 0.850. The van der Waals surface area contributed by atoms with Gasteiger partial charge in [-0.1, -0.05) is 6.58 Å². The molecule has 0 atom stereocenters. The molecule has 0 aromatic carbocycles. The van der Waals surface area contributed by atoms with Crippen LogP contribution in [-0.4, -0.2) is 68.1 Å². The molecule has 0 unspecified atom stereocenters. The summed E-state index contributed by atoms with van der Waals surface area (Å²) in [7, 11) is -10.8. The standard InChI is InChI=1S/C20H48O7Si5/c1-19(2)20(21)23-17-16-22-15-14-18-32(13,26-30(9,10)24-28(3,4)5)27-31(11,12)25-29(6,7)8/h1,14-18H2,2-13H3. The van der Waals surface area contributed by atoms with Gasteiger partial charge in [-0.05, 0) is 91.4 Å². The molecule has 0 aliphatic rings. The number of hydrogen-bond acceptors (Lipinski definition) is 7. The monoisotopic (exact) mass is 540 g/mol. The fourth-order valence-electron chi connectivity index (χ4n) is 3.59. The number of carbonyl (C=O) groups excluding carboxylic acids is 1. The van der Waals surface area contributed by atoms with Gasteiger partial charge in [-0.15, -0.1) is 0 Å². The first-order valence-corrected chi connectivity index (χ1v) is 26.3. The van der Waals surface area contributed by atoms with Crippen molar-refractivity contribution >= 4 is 48.3 Å². The molecule has 0 saturated carbocycles. The minimum Gasteiger partial charge on any atom is -0.460 e. The van der Waals surface area contributed by atoms with Gasteiger partial charge in [-0.3, -0.25) is 0 Å². The van der Waals surface area contributed by atoms with Gasteiger partial charge in [0.2, 0.25) is 0 Å². The van der Waals surface area contributed by atoms with Crippen LogP contribution in [0.25, 0.3) is 0 Å². The van der Waals surface area contributed by atoms with Crippen molar-refractivity contribution in [2.75, 3.05) is 19.8 Å². The second kappa shape index (κ2) is 12.7. The van der Waals surface area contributed by atoms with Gasteiger partial charge in [0.15, 0.2) is 16.6 Å². The summed E-state index contributed by atoms with van der Waals surface area (Å²) in [5, 5.41) is 0. The lowest BCUT2D eigenvalue weighted by atomic mass is 10.4. The van der Waals surface area contributed by atoms with E-state index in [9.17, 15) is 4.79 Å². The Morgan fingerprint density at radius 2 is 1.12 bits per heavy atom. The van der Waals surface area contributed by atoms with Gasteiger partial charge in [0.25, 0.3) is 0 Å². The minimum atomic E-state index is -2.58. The van der Waals surface area contributed by atoms with Crippen LogP contribution in [0.3, 0.4) is 0 Å². The largest absolute Gasteiger partial charge is 0.460 e. The maximum atomic E-state index is 11.4. The molecular weight excluding hydrogens is 493 g/mol. The Morgan fingerprint density at radius 1 is 0.688 bits per heavy atom. The van der Waals surface area contributed by atoms with Crippen molar-refractivity contribution in [3.63, 3.8) is 0 Å². The topological polar surface area (TPSA) is 72.5 Å². The first-order valence-electron chi connectivity index (χ1n) is 11.4. The first-order chi connectivity index (χ1) is 14.2. The Bertz CT molecular complexity index is 582. The average molecular weight is 541 g/mol. The minimum absolute atomic E-state index is 0.224. The molecule has 0 aromatic heterocycles. The van der Waals surface area contributed by atoms with E-state index in [0.29, 0.717) is 18.8 Å². The van der Waals surface area contributed by atoms with E-state index in [-0.39, 0.29) is 12.6 Å². The van der Waals surface area contributed by atoms with Gasteiger partial charge in [0.05, 0.1) is 6.61 Å². The van der Waals surface area contributed by atoms with Crippen molar-refractivity contribution in [3.05, 3.63) is 12.2 Å². The molecule has 32 heavy (non-hydrogen) atoms. The Balaban J connectivity index is 5.03. The molecule has 0 heterocycles. The Labute approximate surface area is 202 Å². The van der Waals surface area contributed by atoms with E-state index in [1.807, 2.05) is 0 Å². The van der Waals surface area contributed by atoms with E-state index in [1.54, 1.807) is 6.92 Å².